The maximum atomic E-state index is 12.1. The molecule has 0 fully saturated rings. The number of nitrogens with two attached hydrogens (primary N) is 1. The number of nitrogens with one attached hydrogen (secondary N) is 2. The van der Waals surface area contributed by atoms with Crippen LogP contribution >= 0.6 is 0 Å². The highest BCUT2D eigenvalue weighted by molar-refractivity contribution is 7.89. The van der Waals surface area contributed by atoms with Crippen molar-refractivity contribution < 1.29 is 26.4 Å². The zero-order valence-corrected chi connectivity index (χ0v) is 14.1. The lowest BCUT2D eigenvalue weighted by Gasteiger charge is -2.22. The lowest BCUT2D eigenvalue weighted by molar-refractivity contribution is -0.121. The molecular formula is C14H20F3N3O3S. The van der Waals surface area contributed by atoms with Gasteiger partial charge in [-0.1, -0.05) is 13.3 Å². The Morgan fingerprint density at radius 3 is 2.21 bits per heavy atom. The molecule has 1 aromatic rings. The van der Waals surface area contributed by atoms with Crippen molar-refractivity contribution in [3.8, 4) is 0 Å². The summed E-state index contributed by atoms with van der Waals surface area (Å²) in [6.07, 6.45) is -3.47. The molecule has 0 aliphatic heterocycles. The molecule has 1 unspecified atom stereocenters. The molecule has 1 atom stereocenters. The van der Waals surface area contributed by atoms with Crippen LogP contribution in [0.1, 0.15) is 26.7 Å². The van der Waals surface area contributed by atoms with Crippen LogP contribution in [0, 0.1) is 0 Å². The standard InChI is InChI=1S/C14H20F3N3O3S/c1-3-8-13(2,18)12(21)20-10-4-6-11(7-5-10)24(22,23)19-9-14(15,16)17/h4-7,19H,3,8-9,18H2,1-2H3,(H,20,21). The number of hydrogen-bond acceptors (Lipinski definition) is 4. The first-order valence-electron chi connectivity index (χ1n) is 7.14. The van der Waals surface area contributed by atoms with Gasteiger partial charge in [0.05, 0.1) is 10.4 Å². The SMILES string of the molecule is CCCC(C)(N)C(=O)Nc1ccc(S(=O)(=O)NCC(F)(F)F)cc1. The third-order valence-electron chi connectivity index (χ3n) is 3.17. The molecule has 24 heavy (non-hydrogen) atoms. The summed E-state index contributed by atoms with van der Waals surface area (Å²) in [4.78, 5) is 11.7. The Hall–Kier alpha value is -1.65. The third kappa shape index (κ3) is 6.10. The van der Waals surface area contributed by atoms with E-state index < -0.39 is 34.2 Å². The summed E-state index contributed by atoms with van der Waals surface area (Å²) in [6, 6.07) is 4.76. The quantitative estimate of drug-likeness (QED) is 0.686. The number of alkyl halides is 3. The van der Waals surface area contributed by atoms with Crippen molar-refractivity contribution in [3.63, 3.8) is 0 Å². The fourth-order valence-corrected chi connectivity index (χ4v) is 2.90. The second kappa shape index (κ2) is 7.49. The zero-order chi connectivity index (χ0) is 18.6. The van der Waals surface area contributed by atoms with Gasteiger partial charge in [0, 0.05) is 5.69 Å². The molecule has 4 N–H and O–H groups in total. The molecule has 6 nitrogen and oxygen atoms in total. The van der Waals surface area contributed by atoms with E-state index in [4.69, 9.17) is 5.73 Å². The van der Waals surface area contributed by atoms with Gasteiger partial charge in [-0.25, -0.2) is 13.1 Å². The van der Waals surface area contributed by atoms with Gasteiger partial charge in [-0.15, -0.1) is 0 Å². The Morgan fingerprint density at radius 1 is 1.21 bits per heavy atom. The molecule has 0 saturated carbocycles. The van der Waals surface area contributed by atoms with E-state index in [1.54, 1.807) is 6.92 Å². The van der Waals surface area contributed by atoms with Gasteiger partial charge < -0.3 is 11.1 Å². The van der Waals surface area contributed by atoms with Crippen LogP contribution in [0.4, 0.5) is 18.9 Å². The number of rotatable bonds is 7. The summed E-state index contributed by atoms with van der Waals surface area (Å²) in [5.41, 5.74) is 5.09. The summed E-state index contributed by atoms with van der Waals surface area (Å²) in [7, 11) is -4.28. The first-order valence-corrected chi connectivity index (χ1v) is 8.62. The maximum absolute atomic E-state index is 12.1. The molecule has 0 heterocycles. The van der Waals surface area contributed by atoms with E-state index in [0.717, 1.165) is 12.1 Å². The molecule has 0 aliphatic rings. The van der Waals surface area contributed by atoms with Gasteiger partial charge in [0.15, 0.2) is 0 Å². The van der Waals surface area contributed by atoms with E-state index in [1.165, 1.54) is 16.9 Å². The van der Waals surface area contributed by atoms with Gasteiger partial charge in [-0.2, -0.15) is 13.2 Å². The average molecular weight is 367 g/mol. The van der Waals surface area contributed by atoms with Crippen LogP contribution in [0.25, 0.3) is 0 Å². The topological polar surface area (TPSA) is 101 Å². The van der Waals surface area contributed by atoms with Crippen molar-refractivity contribution in [1.29, 1.82) is 0 Å². The number of halogens is 3. The van der Waals surface area contributed by atoms with Crippen LogP contribution in [0.2, 0.25) is 0 Å². The monoisotopic (exact) mass is 367 g/mol. The molecule has 1 rings (SSSR count). The highest BCUT2D eigenvalue weighted by atomic mass is 32.2. The van der Waals surface area contributed by atoms with Crippen molar-refractivity contribution in [1.82, 2.24) is 4.72 Å². The largest absolute Gasteiger partial charge is 0.402 e. The minimum Gasteiger partial charge on any atom is -0.325 e. The second-order valence-electron chi connectivity index (χ2n) is 5.59. The van der Waals surface area contributed by atoms with Gasteiger partial charge in [0.25, 0.3) is 0 Å². The van der Waals surface area contributed by atoms with Crippen LogP contribution in [0.15, 0.2) is 29.2 Å². The van der Waals surface area contributed by atoms with Crippen molar-refractivity contribution in [2.75, 3.05) is 11.9 Å². The predicted octanol–water partition coefficient (Wildman–Crippen LogP) is 1.98. The fourth-order valence-electron chi connectivity index (χ4n) is 1.88. The van der Waals surface area contributed by atoms with E-state index in [-0.39, 0.29) is 4.90 Å². The molecule has 0 bridgehead atoms. The first kappa shape index (κ1) is 20.4. The number of hydrogen-bond donors (Lipinski definition) is 3. The van der Waals surface area contributed by atoms with Crippen LogP contribution in [0.3, 0.4) is 0 Å². The van der Waals surface area contributed by atoms with Gasteiger partial charge in [-0.3, -0.25) is 4.79 Å². The van der Waals surface area contributed by atoms with Crippen molar-refractivity contribution in [3.05, 3.63) is 24.3 Å². The van der Waals surface area contributed by atoms with Gasteiger partial charge >= 0.3 is 6.18 Å². The molecule has 1 aromatic carbocycles. The van der Waals surface area contributed by atoms with Crippen molar-refractivity contribution in [2.45, 2.75) is 43.3 Å². The second-order valence-corrected chi connectivity index (χ2v) is 7.35. The van der Waals surface area contributed by atoms with Crippen molar-refractivity contribution in [2.24, 2.45) is 5.73 Å². The Morgan fingerprint density at radius 2 is 1.75 bits per heavy atom. The lowest BCUT2D eigenvalue weighted by Crippen LogP contribution is -2.48. The summed E-state index contributed by atoms with van der Waals surface area (Å²) in [6.45, 7) is 1.80. The predicted molar refractivity (Wildman–Crippen MR) is 83.8 cm³/mol. The molecule has 0 aliphatic carbocycles. The third-order valence-corrected chi connectivity index (χ3v) is 4.59. The summed E-state index contributed by atoms with van der Waals surface area (Å²) in [5, 5.41) is 2.54. The van der Waals surface area contributed by atoms with Gasteiger partial charge in [0.1, 0.15) is 6.54 Å². The van der Waals surface area contributed by atoms with Crippen LogP contribution in [-0.2, 0) is 14.8 Å². The summed E-state index contributed by atoms with van der Waals surface area (Å²) >= 11 is 0. The summed E-state index contributed by atoms with van der Waals surface area (Å²) in [5.74, 6) is -0.435. The number of benzene rings is 1. The Balaban J connectivity index is 2.81. The Kier molecular flexibility index (Phi) is 6.37. The molecule has 136 valence electrons. The molecule has 0 radical (unpaired) electrons. The van der Waals surface area contributed by atoms with E-state index in [1.807, 2.05) is 6.92 Å². The summed E-state index contributed by atoms with van der Waals surface area (Å²) < 4.78 is 61.2. The van der Waals surface area contributed by atoms with Crippen LogP contribution < -0.4 is 15.8 Å². The Bertz CT molecular complexity index is 671. The number of anilines is 1. The average Bonchev–Trinajstić information content (AvgIpc) is 2.45. The number of sulfonamides is 1. The maximum Gasteiger partial charge on any atom is 0.402 e. The van der Waals surface area contributed by atoms with Crippen LogP contribution in [-0.4, -0.2) is 32.6 Å². The van der Waals surface area contributed by atoms with E-state index in [2.05, 4.69) is 5.32 Å². The highest BCUT2D eigenvalue weighted by Gasteiger charge is 2.30. The normalized spacial score (nSPS) is 14.9. The molecule has 0 aromatic heterocycles. The minimum absolute atomic E-state index is 0.294. The Labute approximate surface area is 138 Å². The molecule has 10 heteroatoms. The highest BCUT2D eigenvalue weighted by Crippen LogP contribution is 2.18. The van der Waals surface area contributed by atoms with E-state index in [9.17, 15) is 26.4 Å². The number of carbonyl (C=O) groups excluding carboxylic acids is 1. The molecule has 0 spiro atoms. The van der Waals surface area contributed by atoms with Gasteiger partial charge in [-0.05, 0) is 37.6 Å². The van der Waals surface area contributed by atoms with E-state index >= 15 is 0 Å². The molecular weight excluding hydrogens is 347 g/mol. The van der Waals surface area contributed by atoms with E-state index in [0.29, 0.717) is 18.5 Å². The van der Waals surface area contributed by atoms with Crippen molar-refractivity contribution >= 4 is 21.6 Å². The fraction of sp³-hybridized carbons (Fsp3) is 0.500. The minimum atomic E-state index is -4.65. The molecule has 0 saturated heterocycles. The lowest BCUT2D eigenvalue weighted by atomic mass is 9.96. The molecule has 1 amide bonds. The number of carbonyl (C=O) groups is 1. The van der Waals surface area contributed by atoms with Crippen LogP contribution in [0.5, 0.6) is 0 Å². The zero-order valence-electron chi connectivity index (χ0n) is 13.3. The first-order chi connectivity index (χ1) is 10.9. The smallest absolute Gasteiger partial charge is 0.325 e. The number of amides is 1. The van der Waals surface area contributed by atoms with Gasteiger partial charge in [0.2, 0.25) is 15.9 Å².